The molecule has 1 aromatic carbocycles. The summed E-state index contributed by atoms with van der Waals surface area (Å²) in [4.78, 5) is 27.7. The van der Waals surface area contributed by atoms with E-state index in [9.17, 15) is 9.59 Å². The quantitative estimate of drug-likeness (QED) is 0.618. The SMILES string of the molecule is CCCN(CCC)C(=O)[C@H](C)Nc1sc(C(C)c2ccccc2)cc1C(N)=O. The summed E-state index contributed by atoms with van der Waals surface area (Å²) < 4.78 is 0. The van der Waals surface area contributed by atoms with Crippen LogP contribution in [0, 0.1) is 0 Å². The number of nitrogens with two attached hydrogens (primary N) is 1. The van der Waals surface area contributed by atoms with Gasteiger partial charge in [0.25, 0.3) is 5.91 Å². The number of nitrogens with zero attached hydrogens (tertiary/aromatic N) is 1. The van der Waals surface area contributed by atoms with E-state index in [-0.39, 0.29) is 11.8 Å². The van der Waals surface area contributed by atoms with Gasteiger partial charge in [0.15, 0.2) is 0 Å². The maximum absolute atomic E-state index is 12.8. The number of benzene rings is 1. The van der Waals surface area contributed by atoms with Gasteiger partial charge in [-0.05, 0) is 31.4 Å². The van der Waals surface area contributed by atoms with Gasteiger partial charge in [-0.15, -0.1) is 11.3 Å². The zero-order chi connectivity index (χ0) is 20.7. The van der Waals surface area contributed by atoms with Crippen molar-refractivity contribution in [2.24, 2.45) is 5.73 Å². The van der Waals surface area contributed by atoms with Crippen LogP contribution < -0.4 is 11.1 Å². The van der Waals surface area contributed by atoms with E-state index >= 15 is 0 Å². The first kappa shape index (κ1) is 22.0. The second-order valence-corrected chi connectivity index (χ2v) is 8.16. The Morgan fingerprint density at radius 1 is 1.11 bits per heavy atom. The minimum atomic E-state index is -0.483. The van der Waals surface area contributed by atoms with E-state index < -0.39 is 11.9 Å². The minimum Gasteiger partial charge on any atom is -0.366 e. The first-order chi connectivity index (χ1) is 13.4. The third-order valence-electron chi connectivity index (χ3n) is 4.76. The molecule has 0 fully saturated rings. The minimum absolute atomic E-state index is 0.0465. The van der Waals surface area contributed by atoms with Gasteiger partial charge in [0.2, 0.25) is 5.91 Å². The summed E-state index contributed by atoms with van der Waals surface area (Å²) in [5, 5.41) is 3.91. The number of hydrogen-bond donors (Lipinski definition) is 2. The molecule has 2 amide bonds. The van der Waals surface area contributed by atoms with Crippen LogP contribution in [-0.2, 0) is 4.79 Å². The molecule has 3 N–H and O–H groups in total. The molecule has 6 heteroatoms. The van der Waals surface area contributed by atoms with Crippen molar-refractivity contribution < 1.29 is 9.59 Å². The van der Waals surface area contributed by atoms with Crippen LogP contribution in [0.15, 0.2) is 36.4 Å². The van der Waals surface area contributed by atoms with E-state index in [2.05, 4.69) is 38.2 Å². The predicted octanol–water partition coefficient (Wildman–Crippen LogP) is 4.45. The zero-order valence-electron chi connectivity index (χ0n) is 17.2. The number of carbonyl (C=O) groups excluding carboxylic acids is 2. The smallest absolute Gasteiger partial charge is 0.251 e. The van der Waals surface area contributed by atoms with Crippen molar-refractivity contribution in [2.45, 2.75) is 52.5 Å². The second kappa shape index (κ2) is 10.3. The van der Waals surface area contributed by atoms with Gasteiger partial charge in [-0.2, -0.15) is 0 Å². The molecular formula is C22H31N3O2S. The van der Waals surface area contributed by atoms with Gasteiger partial charge >= 0.3 is 0 Å². The molecule has 0 radical (unpaired) electrons. The number of amides is 2. The number of anilines is 1. The van der Waals surface area contributed by atoms with Crippen molar-refractivity contribution in [1.29, 1.82) is 0 Å². The van der Waals surface area contributed by atoms with Gasteiger partial charge < -0.3 is 16.0 Å². The van der Waals surface area contributed by atoms with E-state index in [1.807, 2.05) is 36.1 Å². The molecule has 2 rings (SSSR count). The Bertz CT molecular complexity index is 782. The van der Waals surface area contributed by atoms with Crippen LogP contribution in [-0.4, -0.2) is 35.8 Å². The first-order valence-corrected chi connectivity index (χ1v) is 10.7. The van der Waals surface area contributed by atoms with Gasteiger partial charge in [0, 0.05) is 23.9 Å². The molecule has 0 saturated carbocycles. The van der Waals surface area contributed by atoms with E-state index in [1.165, 1.54) is 16.9 Å². The molecule has 152 valence electrons. The Morgan fingerprint density at radius 2 is 1.71 bits per heavy atom. The topological polar surface area (TPSA) is 75.4 Å². The van der Waals surface area contributed by atoms with Crippen LogP contribution in [0.5, 0.6) is 0 Å². The molecule has 0 aliphatic heterocycles. The monoisotopic (exact) mass is 401 g/mol. The lowest BCUT2D eigenvalue weighted by atomic mass is 9.99. The van der Waals surface area contributed by atoms with Crippen LogP contribution in [0.25, 0.3) is 0 Å². The Hall–Kier alpha value is -2.34. The Kier molecular flexibility index (Phi) is 8.05. The number of nitrogens with one attached hydrogen (secondary N) is 1. The fourth-order valence-corrected chi connectivity index (χ4v) is 4.45. The molecule has 28 heavy (non-hydrogen) atoms. The largest absolute Gasteiger partial charge is 0.366 e. The van der Waals surface area contributed by atoms with Gasteiger partial charge in [-0.3, -0.25) is 9.59 Å². The van der Waals surface area contributed by atoms with Crippen LogP contribution in [0.1, 0.15) is 67.3 Å². The molecule has 1 heterocycles. The lowest BCUT2D eigenvalue weighted by molar-refractivity contribution is -0.131. The molecular weight excluding hydrogens is 370 g/mol. The van der Waals surface area contributed by atoms with Crippen molar-refractivity contribution in [3.63, 3.8) is 0 Å². The molecule has 2 aromatic rings. The summed E-state index contributed by atoms with van der Waals surface area (Å²) in [6.45, 7) is 9.55. The van der Waals surface area contributed by atoms with Gasteiger partial charge in [-0.1, -0.05) is 51.1 Å². The number of primary amides is 1. The van der Waals surface area contributed by atoms with Crippen LogP contribution in [0.4, 0.5) is 5.00 Å². The summed E-state index contributed by atoms with van der Waals surface area (Å²) in [5.41, 5.74) is 7.22. The lowest BCUT2D eigenvalue weighted by Gasteiger charge is -2.25. The standard InChI is InChI=1S/C22H31N3O2S/c1-5-12-25(13-6-2)22(27)16(4)24-21-18(20(23)26)14-19(28-21)15(3)17-10-8-7-9-11-17/h7-11,14-16,24H,5-6,12-13H2,1-4H3,(H2,23,26)/t15?,16-/m0/s1. The summed E-state index contributed by atoms with van der Waals surface area (Å²) in [5.74, 6) is -0.295. The molecule has 0 spiro atoms. The zero-order valence-corrected chi connectivity index (χ0v) is 18.0. The molecule has 0 aliphatic rings. The number of carbonyl (C=O) groups is 2. The molecule has 0 bridgehead atoms. The molecule has 0 aliphatic carbocycles. The fraction of sp³-hybridized carbons (Fsp3) is 0.455. The summed E-state index contributed by atoms with van der Waals surface area (Å²) >= 11 is 1.49. The first-order valence-electron chi connectivity index (χ1n) is 9.92. The molecule has 2 atom stereocenters. The van der Waals surface area contributed by atoms with Crippen LogP contribution >= 0.6 is 11.3 Å². The number of rotatable bonds is 10. The highest BCUT2D eigenvalue weighted by Crippen LogP contribution is 2.36. The maximum Gasteiger partial charge on any atom is 0.251 e. The number of thiophene rings is 1. The van der Waals surface area contributed by atoms with E-state index in [0.717, 1.165) is 30.8 Å². The normalized spacial score (nSPS) is 13.0. The number of hydrogen-bond acceptors (Lipinski definition) is 4. The Balaban J connectivity index is 2.23. The Morgan fingerprint density at radius 3 is 2.25 bits per heavy atom. The van der Waals surface area contributed by atoms with Gasteiger partial charge in [-0.25, -0.2) is 0 Å². The van der Waals surface area contributed by atoms with E-state index in [1.54, 1.807) is 0 Å². The summed E-state index contributed by atoms with van der Waals surface area (Å²) in [6, 6.07) is 11.6. The summed E-state index contributed by atoms with van der Waals surface area (Å²) in [6.07, 6.45) is 1.84. The van der Waals surface area contributed by atoms with Crippen LogP contribution in [0.2, 0.25) is 0 Å². The predicted molar refractivity (Wildman–Crippen MR) is 117 cm³/mol. The lowest BCUT2D eigenvalue weighted by Crippen LogP contribution is -2.42. The third kappa shape index (κ3) is 5.35. The second-order valence-electron chi connectivity index (χ2n) is 7.08. The van der Waals surface area contributed by atoms with Crippen molar-refractivity contribution >= 4 is 28.2 Å². The average molecular weight is 402 g/mol. The van der Waals surface area contributed by atoms with Crippen LogP contribution in [0.3, 0.4) is 0 Å². The van der Waals surface area contributed by atoms with Crippen molar-refractivity contribution in [3.8, 4) is 0 Å². The maximum atomic E-state index is 12.8. The third-order valence-corrected chi connectivity index (χ3v) is 6.01. The van der Waals surface area contributed by atoms with Crippen molar-refractivity contribution in [2.75, 3.05) is 18.4 Å². The Labute approximate surface area is 171 Å². The molecule has 1 unspecified atom stereocenters. The highest BCUT2D eigenvalue weighted by Gasteiger charge is 2.24. The van der Waals surface area contributed by atoms with E-state index in [0.29, 0.717) is 10.6 Å². The van der Waals surface area contributed by atoms with Gasteiger partial charge in [0.1, 0.15) is 11.0 Å². The van der Waals surface area contributed by atoms with Gasteiger partial charge in [0.05, 0.1) is 5.56 Å². The molecule has 0 saturated heterocycles. The molecule has 5 nitrogen and oxygen atoms in total. The van der Waals surface area contributed by atoms with E-state index in [4.69, 9.17) is 5.73 Å². The molecule has 1 aromatic heterocycles. The average Bonchev–Trinajstić information content (AvgIpc) is 3.11. The highest BCUT2D eigenvalue weighted by atomic mass is 32.1. The summed E-state index contributed by atoms with van der Waals surface area (Å²) in [7, 11) is 0. The van der Waals surface area contributed by atoms with Crippen molar-refractivity contribution in [3.05, 3.63) is 52.4 Å². The fourth-order valence-electron chi connectivity index (χ4n) is 3.22. The van der Waals surface area contributed by atoms with Crippen molar-refractivity contribution in [1.82, 2.24) is 4.90 Å². The highest BCUT2D eigenvalue weighted by molar-refractivity contribution is 7.16.